The van der Waals surface area contributed by atoms with Gasteiger partial charge in [-0.25, -0.2) is 4.98 Å². The highest BCUT2D eigenvalue weighted by molar-refractivity contribution is 6.88. The third-order valence-electron chi connectivity index (χ3n) is 3.45. The molecule has 0 saturated heterocycles. The zero-order valence-electron chi connectivity index (χ0n) is 12.5. The topological polar surface area (TPSA) is 17.8 Å². The van der Waals surface area contributed by atoms with Gasteiger partial charge in [-0.3, -0.25) is 0 Å². The van der Waals surface area contributed by atoms with E-state index in [-0.39, 0.29) is 0 Å². The number of nitrogens with zero attached hydrogens (tertiary/aromatic N) is 2. The standard InChI is InChI=1S/C16H24N2Si/c1-5-6-16-17-11-12-18(16)13-14-7-9-15(10-8-14)19(2,3)4/h7-12H,5-6,13H2,1-4H3. The predicted octanol–water partition coefficient (Wildman–Crippen LogP) is 3.43. The number of rotatable bonds is 5. The lowest BCUT2D eigenvalue weighted by Crippen LogP contribution is -2.37. The maximum absolute atomic E-state index is 4.43. The monoisotopic (exact) mass is 272 g/mol. The molecule has 1 aromatic heterocycles. The Morgan fingerprint density at radius 1 is 1.11 bits per heavy atom. The fourth-order valence-corrected chi connectivity index (χ4v) is 3.41. The van der Waals surface area contributed by atoms with E-state index in [9.17, 15) is 0 Å². The molecule has 0 bridgehead atoms. The lowest BCUT2D eigenvalue weighted by atomic mass is 10.2. The molecule has 0 unspecified atom stereocenters. The van der Waals surface area contributed by atoms with Crippen LogP contribution in [0.15, 0.2) is 36.7 Å². The highest BCUT2D eigenvalue weighted by Crippen LogP contribution is 2.08. The van der Waals surface area contributed by atoms with E-state index in [1.807, 2.05) is 6.20 Å². The molecule has 0 N–H and O–H groups in total. The molecule has 0 spiro atoms. The summed E-state index contributed by atoms with van der Waals surface area (Å²) in [6, 6.07) is 9.14. The van der Waals surface area contributed by atoms with Gasteiger partial charge in [0.05, 0.1) is 8.07 Å². The maximum atomic E-state index is 4.43. The van der Waals surface area contributed by atoms with E-state index in [1.54, 1.807) is 0 Å². The fraction of sp³-hybridized carbons (Fsp3) is 0.438. The molecule has 1 aromatic carbocycles. The Hall–Kier alpha value is -1.35. The van der Waals surface area contributed by atoms with Crippen LogP contribution in [-0.2, 0) is 13.0 Å². The van der Waals surface area contributed by atoms with Gasteiger partial charge >= 0.3 is 0 Å². The van der Waals surface area contributed by atoms with Crippen LogP contribution in [0.25, 0.3) is 0 Å². The first-order valence-electron chi connectivity index (χ1n) is 7.10. The molecule has 2 nitrogen and oxygen atoms in total. The third kappa shape index (κ3) is 3.57. The summed E-state index contributed by atoms with van der Waals surface area (Å²) in [5.41, 5.74) is 1.36. The van der Waals surface area contributed by atoms with Gasteiger partial charge in [-0.1, -0.05) is 56.0 Å². The van der Waals surface area contributed by atoms with Gasteiger partial charge in [-0.05, 0) is 12.0 Å². The smallest absolute Gasteiger partial charge is 0.108 e. The number of hydrogen-bond donors (Lipinski definition) is 0. The SMILES string of the molecule is CCCc1nccn1Cc1ccc([Si](C)(C)C)cc1. The van der Waals surface area contributed by atoms with Crippen molar-refractivity contribution < 1.29 is 0 Å². The molecule has 0 aliphatic carbocycles. The summed E-state index contributed by atoms with van der Waals surface area (Å²) in [6.07, 6.45) is 6.18. The third-order valence-corrected chi connectivity index (χ3v) is 5.51. The van der Waals surface area contributed by atoms with Crippen LogP contribution in [0.1, 0.15) is 24.7 Å². The summed E-state index contributed by atoms with van der Waals surface area (Å²) in [5, 5.41) is 1.52. The van der Waals surface area contributed by atoms with E-state index in [0.29, 0.717) is 0 Å². The summed E-state index contributed by atoms with van der Waals surface area (Å²) < 4.78 is 2.26. The molecule has 2 rings (SSSR count). The van der Waals surface area contributed by atoms with Gasteiger partial charge in [0.1, 0.15) is 5.82 Å². The summed E-state index contributed by atoms with van der Waals surface area (Å²) >= 11 is 0. The molecule has 0 saturated carbocycles. The van der Waals surface area contributed by atoms with Crippen LogP contribution in [0.2, 0.25) is 19.6 Å². The van der Waals surface area contributed by atoms with Crippen molar-refractivity contribution in [1.82, 2.24) is 9.55 Å². The molecule has 1 heterocycles. The molecule has 102 valence electrons. The van der Waals surface area contributed by atoms with Crippen molar-refractivity contribution in [2.24, 2.45) is 0 Å². The quantitative estimate of drug-likeness (QED) is 0.763. The molecule has 0 amide bonds. The van der Waals surface area contributed by atoms with Crippen molar-refractivity contribution in [2.45, 2.75) is 46.0 Å². The minimum atomic E-state index is -1.18. The van der Waals surface area contributed by atoms with Crippen LogP contribution in [0, 0.1) is 0 Å². The minimum absolute atomic E-state index is 0.932. The summed E-state index contributed by atoms with van der Waals surface area (Å²) in [5.74, 6) is 1.19. The molecule has 19 heavy (non-hydrogen) atoms. The van der Waals surface area contributed by atoms with Crippen molar-refractivity contribution in [2.75, 3.05) is 0 Å². The van der Waals surface area contributed by atoms with Crippen LogP contribution in [0.5, 0.6) is 0 Å². The van der Waals surface area contributed by atoms with E-state index in [0.717, 1.165) is 19.4 Å². The molecular formula is C16H24N2Si. The van der Waals surface area contributed by atoms with E-state index in [1.165, 1.54) is 16.6 Å². The Labute approximate surface area is 117 Å². The van der Waals surface area contributed by atoms with Gasteiger partial charge in [0.15, 0.2) is 0 Å². The molecule has 0 fully saturated rings. The normalized spacial score (nSPS) is 11.8. The summed E-state index contributed by atoms with van der Waals surface area (Å²) in [4.78, 5) is 4.43. The van der Waals surface area contributed by atoms with Crippen molar-refractivity contribution in [1.29, 1.82) is 0 Å². The van der Waals surface area contributed by atoms with Crippen molar-refractivity contribution in [3.8, 4) is 0 Å². The summed E-state index contributed by atoms with van der Waals surface area (Å²) in [7, 11) is -1.18. The first kappa shape index (κ1) is 14.1. The zero-order chi connectivity index (χ0) is 13.9. The van der Waals surface area contributed by atoms with Crippen molar-refractivity contribution >= 4 is 13.3 Å². The van der Waals surface area contributed by atoms with Gasteiger partial charge in [0.25, 0.3) is 0 Å². The molecule has 2 aromatic rings. The maximum Gasteiger partial charge on any atom is 0.108 e. The number of benzene rings is 1. The van der Waals surface area contributed by atoms with Crippen LogP contribution < -0.4 is 5.19 Å². The molecule has 0 aliphatic heterocycles. The molecule has 3 heteroatoms. The molecule has 0 atom stereocenters. The Morgan fingerprint density at radius 3 is 2.37 bits per heavy atom. The Kier molecular flexibility index (Phi) is 4.25. The lowest BCUT2D eigenvalue weighted by Gasteiger charge is -2.17. The van der Waals surface area contributed by atoms with Gasteiger partial charge in [0.2, 0.25) is 0 Å². The fourth-order valence-electron chi connectivity index (χ4n) is 2.24. The van der Waals surface area contributed by atoms with Crippen LogP contribution in [0.3, 0.4) is 0 Å². The van der Waals surface area contributed by atoms with E-state index in [4.69, 9.17) is 0 Å². The second-order valence-electron chi connectivity index (χ2n) is 6.17. The molecule has 0 radical (unpaired) electrons. The van der Waals surface area contributed by atoms with Gasteiger partial charge in [0, 0.05) is 25.4 Å². The average molecular weight is 272 g/mol. The number of hydrogen-bond acceptors (Lipinski definition) is 1. The second-order valence-corrected chi connectivity index (χ2v) is 11.2. The van der Waals surface area contributed by atoms with Crippen LogP contribution >= 0.6 is 0 Å². The van der Waals surface area contributed by atoms with E-state index < -0.39 is 8.07 Å². The number of imidazole rings is 1. The first-order valence-corrected chi connectivity index (χ1v) is 10.6. The number of aryl methyl sites for hydroxylation is 1. The minimum Gasteiger partial charge on any atom is -0.331 e. The highest BCUT2D eigenvalue weighted by Gasteiger charge is 2.15. The summed E-state index contributed by atoms with van der Waals surface area (Å²) in [6.45, 7) is 10.3. The van der Waals surface area contributed by atoms with Gasteiger partial charge in [-0.2, -0.15) is 0 Å². The first-order chi connectivity index (χ1) is 9.00. The zero-order valence-corrected chi connectivity index (χ0v) is 13.5. The second kappa shape index (κ2) is 5.74. The predicted molar refractivity (Wildman–Crippen MR) is 84.7 cm³/mol. The van der Waals surface area contributed by atoms with Crippen LogP contribution in [0.4, 0.5) is 0 Å². The Morgan fingerprint density at radius 2 is 1.79 bits per heavy atom. The highest BCUT2D eigenvalue weighted by atomic mass is 28.3. The Balaban J connectivity index is 2.13. The van der Waals surface area contributed by atoms with E-state index in [2.05, 4.69) is 66.6 Å². The van der Waals surface area contributed by atoms with Gasteiger partial charge in [-0.15, -0.1) is 0 Å². The van der Waals surface area contributed by atoms with E-state index >= 15 is 0 Å². The molecular weight excluding hydrogens is 248 g/mol. The van der Waals surface area contributed by atoms with Gasteiger partial charge < -0.3 is 4.57 Å². The number of aromatic nitrogens is 2. The molecule has 0 aliphatic rings. The van der Waals surface area contributed by atoms with Crippen molar-refractivity contribution in [3.05, 3.63) is 48.0 Å². The Bertz CT molecular complexity index is 520. The largest absolute Gasteiger partial charge is 0.331 e. The average Bonchev–Trinajstić information content (AvgIpc) is 2.77. The van der Waals surface area contributed by atoms with Crippen molar-refractivity contribution in [3.63, 3.8) is 0 Å². The van der Waals surface area contributed by atoms with Crippen LogP contribution in [-0.4, -0.2) is 17.6 Å². The lowest BCUT2D eigenvalue weighted by molar-refractivity contribution is 0.705.